The minimum atomic E-state index is 0.208. The number of nitrogens with two attached hydrogens (primary N) is 1. The van der Waals surface area contributed by atoms with Crippen molar-refractivity contribution in [3.8, 4) is 0 Å². The molecular weight excluding hydrogens is 154 g/mol. The van der Waals surface area contributed by atoms with E-state index in [1.165, 1.54) is 6.42 Å². The molecule has 3 N–H and O–H groups in total. The van der Waals surface area contributed by atoms with E-state index in [2.05, 4.69) is 0 Å². The van der Waals surface area contributed by atoms with E-state index in [9.17, 15) is 0 Å². The molecule has 68 valence electrons. The SMILES string of the molecule is COC1[C@H]2C[C@H]1CN(C(=N)N)C2. The predicted molar refractivity (Wildman–Crippen MR) is 45.9 cm³/mol. The van der Waals surface area contributed by atoms with Crippen molar-refractivity contribution >= 4 is 5.96 Å². The number of methoxy groups -OCH3 is 1. The second kappa shape index (κ2) is 2.62. The Balaban J connectivity index is 1.96. The lowest BCUT2D eigenvalue weighted by Gasteiger charge is -2.52. The van der Waals surface area contributed by atoms with Crippen LogP contribution in [0.3, 0.4) is 0 Å². The Morgan fingerprint density at radius 2 is 2.08 bits per heavy atom. The molecule has 12 heavy (non-hydrogen) atoms. The van der Waals surface area contributed by atoms with Gasteiger partial charge in [0.15, 0.2) is 5.96 Å². The summed E-state index contributed by atoms with van der Waals surface area (Å²) >= 11 is 0. The molecule has 3 fully saturated rings. The van der Waals surface area contributed by atoms with Crippen LogP contribution >= 0.6 is 0 Å². The molecule has 4 heteroatoms. The first kappa shape index (κ1) is 7.86. The molecule has 4 nitrogen and oxygen atoms in total. The molecular formula is C8H15N3O. The van der Waals surface area contributed by atoms with E-state index >= 15 is 0 Å². The van der Waals surface area contributed by atoms with E-state index in [0.29, 0.717) is 17.9 Å². The van der Waals surface area contributed by atoms with Crippen LogP contribution < -0.4 is 5.73 Å². The van der Waals surface area contributed by atoms with Crippen LogP contribution in [0.1, 0.15) is 6.42 Å². The van der Waals surface area contributed by atoms with E-state index in [4.69, 9.17) is 15.9 Å². The molecule has 0 amide bonds. The van der Waals surface area contributed by atoms with Gasteiger partial charge >= 0.3 is 0 Å². The predicted octanol–water partition coefficient (Wildman–Crippen LogP) is -0.153. The topological polar surface area (TPSA) is 62.3 Å². The van der Waals surface area contributed by atoms with Crippen molar-refractivity contribution in [3.63, 3.8) is 0 Å². The average Bonchev–Trinajstić information content (AvgIpc) is 2.05. The highest BCUT2D eigenvalue weighted by atomic mass is 16.5. The zero-order chi connectivity index (χ0) is 8.72. The Kier molecular flexibility index (Phi) is 1.72. The zero-order valence-corrected chi connectivity index (χ0v) is 7.29. The highest BCUT2D eigenvalue weighted by molar-refractivity contribution is 5.74. The highest BCUT2D eigenvalue weighted by Crippen LogP contribution is 2.41. The van der Waals surface area contributed by atoms with E-state index < -0.39 is 0 Å². The van der Waals surface area contributed by atoms with E-state index in [0.717, 1.165) is 13.1 Å². The van der Waals surface area contributed by atoms with Crippen LogP contribution in [0.2, 0.25) is 0 Å². The maximum Gasteiger partial charge on any atom is 0.188 e. The van der Waals surface area contributed by atoms with E-state index in [1.807, 2.05) is 4.90 Å². The van der Waals surface area contributed by atoms with Crippen molar-refractivity contribution < 1.29 is 4.74 Å². The summed E-state index contributed by atoms with van der Waals surface area (Å²) in [6.07, 6.45) is 1.68. The van der Waals surface area contributed by atoms with Crippen molar-refractivity contribution in [1.29, 1.82) is 5.41 Å². The first-order valence-electron chi connectivity index (χ1n) is 4.34. The van der Waals surface area contributed by atoms with Gasteiger partial charge in [-0.05, 0) is 6.42 Å². The molecule has 0 radical (unpaired) electrons. The fraction of sp³-hybridized carbons (Fsp3) is 0.875. The molecule has 0 unspecified atom stereocenters. The van der Waals surface area contributed by atoms with Gasteiger partial charge in [0.2, 0.25) is 0 Å². The van der Waals surface area contributed by atoms with Gasteiger partial charge in [0, 0.05) is 32.0 Å². The molecule has 2 saturated heterocycles. The summed E-state index contributed by atoms with van der Waals surface area (Å²) in [6.45, 7) is 1.81. The molecule has 0 aromatic rings. The first-order valence-corrected chi connectivity index (χ1v) is 4.34. The van der Waals surface area contributed by atoms with Gasteiger partial charge in [-0.3, -0.25) is 5.41 Å². The van der Waals surface area contributed by atoms with Crippen molar-refractivity contribution in [2.75, 3.05) is 20.2 Å². The van der Waals surface area contributed by atoms with Crippen molar-refractivity contribution in [2.45, 2.75) is 12.5 Å². The fourth-order valence-electron chi connectivity index (χ4n) is 2.43. The van der Waals surface area contributed by atoms with Gasteiger partial charge in [-0.25, -0.2) is 0 Å². The number of hydrogen-bond donors (Lipinski definition) is 2. The molecule has 3 rings (SSSR count). The highest BCUT2D eigenvalue weighted by Gasteiger charge is 2.47. The largest absolute Gasteiger partial charge is 0.381 e. The maximum atomic E-state index is 7.29. The third-order valence-corrected chi connectivity index (χ3v) is 3.06. The van der Waals surface area contributed by atoms with E-state index in [-0.39, 0.29) is 5.96 Å². The van der Waals surface area contributed by atoms with Crippen molar-refractivity contribution in [2.24, 2.45) is 17.6 Å². The lowest BCUT2D eigenvalue weighted by atomic mass is 9.68. The number of rotatable bonds is 1. The second-order valence-corrected chi connectivity index (χ2v) is 3.75. The number of fused-ring (bicyclic) bond motifs is 2. The lowest BCUT2D eigenvalue weighted by molar-refractivity contribution is -0.113. The van der Waals surface area contributed by atoms with Crippen LogP contribution in [-0.2, 0) is 4.74 Å². The zero-order valence-electron chi connectivity index (χ0n) is 7.29. The van der Waals surface area contributed by atoms with Gasteiger partial charge in [0.25, 0.3) is 0 Å². The molecule has 0 aromatic heterocycles. The average molecular weight is 169 g/mol. The molecule has 2 atom stereocenters. The summed E-state index contributed by atoms with van der Waals surface area (Å²) in [4.78, 5) is 1.94. The van der Waals surface area contributed by atoms with Crippen LogP contribution in [0.4, 0.5) is 0 Å². The number of nitrogens with one attached hydrogen (secondary N) is 1. The summed E-state index contributed by atoms with van der Waals surface area (Å²) in [7, 11) is 1.77. The fourth-order valence-corrected chi connectivity index (χ4v) is 2.43. The number of hydrogen-bond acceptors (Lipinski definition) is 2. The van der Waals surface area contributed by atoms with Gasteiger partial charge in [-0.2, -0.15) is 0 Å². The maximum absolute atomic E-state index is 7.29. The van der Waals surface area contributed by atoms with Gasteiger partial charge in [0.05, 0.1) is 6.10 Å². The van der Waals surface area contributed by atoms with Crippen LogP contribution in [0.5, 0.6) is 0 Å². The Morgan fingerprint density at radius 3 is 2.50 bits per heavy atom. The Morgan fingerprint density at radius 1 is 1.50 bits per heavy atom. The van der Waals surface area contributed by atoms with Crippen LogP contribution in [0, 0.1) is 17.2 Å². The third kappa shape index (κ3) is 0.982. The lowest BCUT2D eigenvalue weighted by Crippen LogP contribution is -2.61. The normalized spacial score (nSPS) is 39.1. The Bertz CT molecular complexity index is 194. The van der Waals surface area contributed by atoms with Crippen LogP contribution in [0.25, 0.3) is 0 Å². The summed E-state index contributed by atoms with van der Waals surface area (Å²) in [5, 5.41) is 7.29. The van der Waals surface area contributed by atoms with Gasteiger partial charge in [-0.1, -0.05) is 0 Å². The summed E-state index contributed by atoms with van der Waals surface area (Å²) < 4.78 is 5.34. The quantitative estimate of drug-likeness (QED) is 0.424. The van der Waals surface area contributed by atoms with Crippen LogP contribution in [-0.4, -0.2) is 37.2 Å². The molecule has 1 aliphatic carbocycles. The van der Waals surface area contributed by atoms with Crippen molar-refractivity contribution in [3.05, 3.63) is 0 Å². The molecule has 0 aromatic carbocycles. The minimum absolute atomic E-state index is 0.208. The Hall–Kier alpha value is -0.770. The number of nitrogens with zero attached hydrogens (tertiary/aromatic N) is 1. The molecule has 2 aliphatic heterocycles. The summed E-state index contributed by atoms with van der Waals surface area (Å²) in [6, 6.07) is 0. The van der Waals surface area contributed by atoms with Gasteiger partial charge in [-0.15, -0.1) is 0 Å². The molecule has 3 aliphatic rings. The molecule has 1 saturated carbocycles. The Labute approximate surface area is 72.2 Å². The van der Waals surface area contributed by atoms with Gasteiger partial charge in [0.1, 0.15) is 0 Å². The minimum Gasteiger partial charge on any atom is -0.381 e. The van der Waals surface area contributed by atoms with Crippen LogP contribution in [0.15, 0.2) is 0 Å². The number of ether oxygens (including phenoxy) is 1. The van der Waals surface area contributed by atoms with E-state index in [1.54, 1.807) is 7.11 Å². The van der Waals surface area contributed by atoms with Crippen molar-refractivity contribution in [1.82, 2.24) is 4.90 Å². The summed E-state index contributed by atoms with van der Waals surface area (Å²) in [5.41, 5.74) is 5.41. The monoisotopic (exact) mass is 169 g/mol. The smallest absolute Gasteiger partial charge is 0.188 e. The molecule has 0 spiro atoms. The molecule has 2 bridgehead atoms. The number of guanidine groups is 1. The standard InChI is InChI=1S/C8H15N3O/c1-12-7-5-2-6(7)4-11(3-5)8(9)10/h5-7H,2-4H2,1H3,(H3,9,10)/t5-,6-/m0/s1. The summed E-state index contributed by atoms with van der Waals surface area (Å²) in [5.74, 6) is 1.43. The van der Waals surface area contributed by atoms with Gasteiger partial charge < -0.3 is 15.4 Å². The first-order chi connectivity index (χ1) is 5.72. The molecule has 2 heterocycles. The second-order valence-electron chi connectivity index (χ2n) is 3.75. The third-order valence-electron chi connectivity index (χ3n) is 3.06. The number of piperidine rings is 2.